The first kappa shape index (κ1) is 15.1. The third-order valence-electron chi connectivity index (χ3n) is 3.75. The van der Waals surface area contributed by atoms with Crippen LogP contribution in [0, 0.1) is 5.92 Å². The Balaban J connectivity index is 2.14. The Bertz CT molecular complexity index is 524. The number of hydrogen-bond donors (Lipinski definition) is 2. The minimum atomic E-state index is -0.826. The van der Waals surface area contributed by atoms with E-state index in [1.807, 2.05) is 24.6 Å². The van der Waals surface area contributed by atoms with Gasteiger partial charge in [0.2, 0.25) is 0 Å². The zero-order valence-corrected chi connectivity index (χ0v) is 13.2. The van der Waals surface area contributed by atoms with Gasteiger partial charge in [-0.2, -0.15) is 0 Å². The summed E-state index contributed by atoms with van der Waals surface area (Å²) in [5, 5.41) is 12.0. The van der Waals surface area contributed by atoms with Gasteiger partial charge in [0.1, 0.15) is 5.69 Å². The van der Waals surface area contributed by atoms with Crippen LogP contribution in [0.3, 0.4) is 0 Å². The lowest BCUT2D eigenvalue weighted by molar-refractivity contribution is -0.142. The maximum Gasteiger partial charge on any atom is 0.308 e. The highest BCUT2D eigenvalue weighted by Gasteiger charge is 2.34. The number of nitrogens with one attached hydrogen (secondary N) is 1. The topological polar surface area (TPSA) is 71.3 Å². The van der Waals surface area contributed by atoms with Gasteiger partial charge in [0.05, 0.1) is 5.92 Å². The Hall–Kier alpha value is -1.30. The number of halogens is 1. The highest BCUT2D eigenvalue weighted by Crippen LogP contribution is 2.27. The van der Waals surface area contributed by atoms with Gasteiger partial charge in [0.15, 0.2) is 0 Å². The molecule has 1 aliphatic carbocycles. The Labute approximate surface area is 126 Å². The Morgan fingerprint density at radius 3 is 2.75 bits per heavy atom. The molecule has 1 aromatic rings. The highest BCUT2D eigenvalue weighted by molar-refractivity contribution is 9.10. The van der Waals surface area contributed by atoms with Gasteiger partial charge >= 0.3 is 5.97 Å². The molecule has 0 aromatic carbocycles. The lowest BCUT2D eigenvalue weighted by Crippen LogP contribution is -2.40. The van der Waals surface area contributed by atoms with Gasteiger partial charge in [-0.1, -0.05) is 6.42 Å². The van der Waals surface area contributed by atoms with Crippen LogP contribution < -0.4 is 5.32 Å². The number of carbonyl (C=O) groups excluding carboxylic acids is 1. The van der Waals surface area contributed by atoms with E-state index in [1.165, 1.54) is 0 Å². The molecule has 0 radical (unpaired) electrons. The van der Waals surface area contributed by atoms with E-state index in [-0.39, 0.29) is 18.0 Å². The lowest BCUT2D eigenvalue weighted by Gasteiger charge is -2.19. The summed E-state index contributed by atoms with van der Waals surface area (Å²) < 4.78 is 2.72. The van der Waals surface area contributed by atoms with Crippen molar-refractivity contribution in [2.75, 3.05) is 0 Å². The van der Waals surface area contributed by atoms with E-state index >= 15 is 0 Å². The third kappa shape index (κ3) is 3.06. The summed E-state index contributed by atoms with van der Waals surface area (Å²) in [7, 11) is 0. The fourth-order valence-electron chi connectivity index (χ4n) is 2.73. The highest BCUT2D eigenvalue weighted by atomic mass is 79.9. The van der Waals surface area contributed by atoms with Gasteiger partial charge in [-0.15, -0.1) is 0 Å². The second kappa shape index (κ2) is 5.99. The van der Waals surface area contributed by atoms with Crippen molar-refractivity contribution in [3.8, 4) is 0 Å². The van der Waals surface area contributed by atoms with Crippen LogP contribution in [0.2, 0.25) is 0 Å². The van der Waals surface area contributed by atoms with E-state index in [4.69, 9.17) is 5.11 Å². The molecule has 6 heteroatoms. The summed E-state index contributed by atoms with van der Waals surface area (Å²) in [6, 6.07) is 1.66. The molecule has 1 fully saturated rings. The molecular formula is C14H19BrN2O3. The maximum atomic E-state index is 12.4. The minimum Gasteiger partial charge on any atom is -0.481 e. The molecule has 0 aliphatic heterocycles. The number of carboxylic acids is 1. The number of carbonyl (C=O) groups is 2. The summed E-state index contributed by atoms with van der Waals surface area (Å²) in [6.45, 7) is 4.00. The van der Waals surface area contributed by atoms with Crippen molar-refractivity contribution >= 4 is 27.8 Å². The zero-order chi connectivity index (χ0) is 14.9. The minimum absolute atomic E-state index is 0.167. The molecule has 0 saturated heterocycles. The van der Waals surface area contributed by atoms with Crippen molar-refractivity contribution in [3.05, 3.63) is 22.4 Å². The van der Waals surface area contributed by atoms with Crippen LogP contribution in [0.5, 0.6) is 0 Å². The average molecular weight is 343 g/mol. The molecule has 0 unspecified atom stereocenters. The largest absolute Gasteiger partial charge is 0.481 e. The van der Waals surface area contributed by atoms with Crippen LogP contribution in [0.1, 0.15) is 49.6 Å². The number of hydrogen-bond acceptors (Lipinski definition) is 2. The smallest absolute Gasteiger partial charge is 0.308 e. The standard InChI is InChI=1S/C14H19BrN2O3/c1-8(2)17-7-9(15)6-12(17)13(18)16-11-5-3-4-10(11)14(19)20/h6-8,10-11H,3-5H2,1-2H3,(H,16,18)(H,19,20)/t10-,11+/m0/s1. The molecule has 1 heterocycles. The number of aliphatic carboxylic acids is 1. The monoisotopic (exact) mass is 342 g/mol. The molecule has 20 heavy (non-hydrogen) atoms. The lowest BCUT2D eigenvalue weighted by atomic mass is 10.0. The molecule has 1 aliphatic rings. The molecule has 0 bridgehead atoms. The molecule has 2 N–H and O–H groups in total. The molecular weight excluding hydrogens is 324 g/mol. The number of rotatable bonds is 4. The van der Waals surface area contributed by atoms with Crippen LogP contribution in [-0.2, 0) is 4.79 Å². The molecule has 5 nitrogen and oxygen atoms in total. The first-order valence-electron chi connectivity index (χ1n) is 6.81. The molecule has 1 amide bonds. The van der Waals surface area contributed by atoms with Crippen LogP contribution in [-0.4, -0.2) is 27.6 Å². The van der Waals surface area contributed by atoms with Crippen molar-refractivity contribution in [2.45, 2.75) is 45.2 Å². The van der Waals surface area contributed by atoms with Gasteiger partial charge in [0, 0.05) is 22.8 Å². The second-order valence-corrected chi connectivity index (χ2v) is 6.42. The number of amides is 1. The molecule has 0 spiro atoms. The van der Waals surface area contributed by atoms with E-state index in [2.05, 4.69) is 21.2 Å². The Morgan fingerprint density at radius 2 is 2.15 bits per heavy atom. The van der Waals surface area contributed by atoms with Crippen molar-refractivity contribution in [1.82, 2.24) is 9.88 Å². The number of nitrogens with zero attached hydrogens (tertiary/aromatic N) is 1. The molecule has 2 rings (SSSR count). The summed E-state index contributed by atoms with van der Waals surface area (Å²) in [6.07, 6.45) is 4.07. The van der Waals surface area contributed by atoms with E-state index in [0.29, 0.717) is 12.1 Å². The van der Waals surface area contributed by atoms with Gasteiger partial charge in [-0.3, -0.25) is 9.59 Å². The van der Waals surface area contributed by atoms with Crippen molar-refractivity contribution in [2.24, 2.45) is 5.92 Å². The predicted octanol–water partition coefficient (Wildman–Crippen LogP) is 2.81. The molecule has 110 valence electrons. The van der Waals surface area contributed by atoms with Crippen LogP contribution >= 0.6 is 15.9 Å². The fraction of sp³-hybridized carbons (Fsp3) is 0.571. The van der Waals surface area contributed by atoms with Crippen molar-refractivity contribution < 1.29 is 14.7 Å². The maximum absolute atomic E-state index is 12.4. The molecule has 1 saturated carbocycles. The summed E-state index contributed by atoms with van der Waals surface area (Å²) >= 11 is 3.37. The SMILES string of the molecule is CC(C)n1cc(Br)cc1C(=O)N[C@@H]1CCC[C@@H]1C(=O)O. The predicted molar refractivity (Wildman–Crippen MR) is 78.7 cm³/mol. The van der Waals surface area contributed by atoms with Crippen LogP contribution in [0.4, 0.5) is 0 Å². The van der Waals surface area contributed by atoms with Gasteiger partial charge in [-0.25, -0.2) is 0 Å². The van der Waals surface area contributed by atoms with Gasteiger partial charge in [0.25, 0.3) is 5.91 Å². The van der Waals surface area contributed by atoms with Crippen LogP contribution in [0.15, 0.2) is 16.7 Å². The number of carboxylic acid groups (broad SMARTS) is 1. The summed E-state index contributed by atoms with van der Waals surface area (Å²) in [5.41, 5.74) is 0.558. The fourth-order valence-corrected chi connectivity index (χ4v) is 3.16. The van der Waals surface area contributed by atoms with E-state index < -0.39 is 11.9 Å². The zero-order valence-electron chi connectivity index (χ0n) is 11.6. The van der Waals surface area contributed by atoms with E-state index in [0.717, 1.165) is 17.3 Å². The molecule has 1 aromatic heterocycles. The summed E-state index contributed by atoms with van der Waals surface area (Å²) in [4.78, 5) is 23.5. The van der Waals surface area contributed by atoms with Crippen LogP contribution in [0.25, 0.3) is 0 Å². The van der Waals surface area contributed by atoms with Crippen molar-refractivity contribution in [1.29, 1.82) is 0 Å². The summed E-state index contributed by atoms with van der Waals surface area (Å²) in [5.74, 6) is -1.50. The molecule has 2 atom stereocenters. The van der Waals surface area contributed by atoms with Gasteiger partial charge in [-0.05, 0) is 48.7 Å². The number of aromatic nitrogens is 1. The normalized spacial score (nSPS) is 22.2. The Kier molecular flexibility index (Phi) is 4.52. The van der Waals surface area contributed by atoms with E-state index in [9.17, 15) is 9.59 Å². The first-order chi connectivity index (χ1) is 9.40. The van der Waals surface area contributed by atoms with Gasteiger partial charge < -0.3 is 15.0 Å². The first-order valence-corrected chi connectivity index (χ1v) is 7.60. The Morgan fingerprint density at radius 1 is 1.45 bits per heavy atom. The van der Waals surface area contributed by atoms with E-state index in [1.54, 1.807) is 6.07 Å². The third-order valence-corrected chi connectivity index (χ3v) is 4.19. The average Bonchev–Trinajstić information content (AvgIpc) is 2.95. The quantitative estimate of drug-likeness (QED) is 0.883. The second-order valence-electron chi connectivity index (χ2n) is 5.50. The van der Waals surface area contributed by atoms with Crippen molar-refractivity contribution in [3.63, 3.8) is 0 Å².